The van der Waals surface area contributed by atoms with Crippen molar-refractivity contribution >= 4 is 21.9 Å². The second kappa shape index (κ2) is 9.95. The Kier molecular flexibility index (Phi) is 7.85. The van der Waals surface area contributed by atoms with Crippen molar-refractivity contribution in [1.82, 2.24) is 0 Å². The largest absolute Gasteiger partial charge is 0.508 e. The topological polar surface area (TPSA) is 59.1 Å². The van der Waals surface area contributed by atoms with Gasteiger partial charge in [0, 0.05) is 5.92 Å². The maximum Gasteiger partial charge on any atom is 0.338 e. The first kappa shape index (κ1) is 26.0. The van der Waals surface area contributed by atoms with E-state index in [1.54, 1.807) is 18.2 Å². The van der Waals surface area contributed by atoms with Gasteiger partial charge in [0.2, 0.25) is 0 Å². The van der Waals surface area contributed by atoms with Crippen LogP contribution in [0.5, 0.6) is 5.75 Å². The van der Waals surface area contributed by atoms with Crippen molar-refractivity contribution in [1.29, 1.82) is 0 Å². The highest BCUT2D eigenvalue weighted by atomic mass is 79.9. The van der Waals surface area contributed by atoms with Crippen LogP contribution >= 0.6 is 15.9 Å². The molecule has 0 aromatic heterocycles. The lowest BCUT2D eigenvalue weighted by atomic mass is 9.88. The fourth-order valence-electron chi connectivity index (χ4n) is 4.82. The first-order valence-corrected chi connectivity index (χ1v) is 12.9. The molecule has 1 aromatic carbocycles. The van der Waals surface area contributed by atoms with E-state index in [9.17, 15) is 9.90 Å². The molecule has 2 aliphatic rings. The number of benzene rings is 1. The molecule has 0 amide bonds. The van der Waals surface area contributed by atoms with Crippen LogP contribution in [0.3, 0.4) is 0 Å². The molecule has 1 heterocycles. The van der Waals surface area contributed by atoms with E-state index in [0.717, 1.165) is 24.8 Å². The lowest BCUT2D eigenvalue weighted by Gasteiger charge is -2.29. The van der Waals surface area contributed by atoms with Gasteiger partial charge in [-0.3, -0.25) is 0 Å². The van der Waals surface area contributed by atoms with E-state index in [1.165, 1.54) is 16.7 Å². The SMILES string of the molecule is CC=C(C)C1CCC(C)=C1Cc1cc(C(=O)O[C@@H](CC[C@]2(C)OC2C)C(C)(C)Br)ccc1O. The zero-order valence-electron chi connectivity index (χ0n) is 21.1. The normalized spacial score (nSPS) is 26.5. The number of hydrogen-bond donors (Lipinski definition) is 1. The molecule has 1 N–H and O–H groups in total. The van der Waals surface area contributed by atoms with E-state index in [1.807, 2.05) is 13.8 Å². The molecule has 4 nitrogen and oxygen atoms in total. The lowest BCUT2D eigenvalue weighted by molar-refractivity contribution is 0.0191. The quantitative estimate of drug-likeness (QED) is 0.161. The second-order valence-electron chi connectivity index (χ2n) is 10.5. The number of ether oxygens (including phenoxy) is 2. The summed E-state index contributed by atoms with van der Waals surface area (Å²) in [6.07, 6.45) is 6.52. The fourth-order valence-corrected chi connectivity index (χ4v) is 5.14. The summed E-state index contributed by atoms with van der Waals surface area (Å²) in [5, 5.41) is 10.6. The third kappa shape index (κ3) is 6.10. The third-order valence-electron chi connectivity index (χ3n) is 7.64. The predicted octanol–water partition coefficient (Wildman–Crippen LogP) is 7.28. The van der Waals surface area contributed by atoms with E-state index < -0.39 is 0 Å². The number of phenols is 1. The highest BCUT2D eigenvalue weighted by Gasteiger charge is 2.49. The Balaban J connectivity index is 1.76. The van der Waals surface area contributed by atoms with Gasteiger partial charge in [-0.15, -0.1) is 0 Å². The van der Waals surface area contributed by atoms with Crippen LogP contribution in [0.15, 0.2) is 41.0 Å². The molecule has 5 heteroatoms. The van der Waals surface area contributed by atoms with Crippen molar-refractivity contribution in [3.05, 3.63) is 52.1 Å². The minimum atomic E-state index is -0.361. The predicted molar refractivity (Wildman–Crippen MR) is 137 cm³/mol. The summed E-state index contributed by atoms with van der Waals surface area (Å²) in [6.45, 7) is 14.6. The van der Waals surface area contributed by atoms with Crippen molar-refractivity contribution in [3.8, 4) is 5.75 Å². The highest BCUT2D eigenvalue weighted by molar-refractivity contribution is 9.10. The summed E-state index contributed by atoms with van der Waals surface area (Å²) >= 11 is 3.70. The van der Waals surface area contributed by atoms with Crippen molar-refractivity contribution < 1.29 is 19.4 Å². The van der Waals surface area contributed by atoms with Gasteiger partial charge in [0.25, 0.3) is 0 Å². The number of hydrogen-bond acceptors (Lipinski definition) is 4. The number of aromatic hydroxyl groups is 1. The molecule has 3 rings (SSSR count). The van der Waals surface area contributed by atoms with Gasteiger partial charge in [0.1, 0.15) is 11.9 Å². The molecule has 182 valence electrons. The zero-order chi connectivity index (χ0) is 24.6. The van der Waals surface area contributed by atoms with Gasteiger partial charge in [-0.05, 0) is 104 Å². The first-order chi connectivity index (χ1) is 15.4. The Hall–Kier alpha value is -1.59. The number of alkyl halides is 1. The zero-order valence-corrected chi connectivity index (χ0v) is 22.7. The van der Waals surface area contributed by atoms with Crippen LogP contribution < -0.4 is 0 Å². The molecule has 1 aliphatic heterocycles. The maximum absolute atomic E-state index is 13.1. The molecule has 1 fully saturated rings. The Morgan fingerprint density at radius 3 is 2.67 bits per heavy atom. The molecule has 2 unspecified atom stereocenters. The highest BCUT2D eigenvalue weighted by Crippen LogP contribution is 2.42. The standard InChI is InChI=1S/C28H39BrO4/c1-8-17(2)22-11-9-18(3)23(22)16-21-15-20(10-12-24(21)30)26(31)32-25(27(5,6)29)13-14-28(7)19(4)33-28/h8,10,12,15,19,22,25,30H,9,11,13-14,16H2,1-7H3/t19?,22?,25-,28-/m0/s1. The van der Waals surface area contributed by atoms with Gasteiger partial charge in [0.15, 0.2) is 0 Å². The van der Waals surface area contributed by atoms with Crippen molar-refractivity contribution in [3.63, 3.8) is 0 Å². The van der Waals surface area contributed by atoms with Gasteiger partial charge in [-0.25, -0.2) is 4.79 Å². The summed E-state index contributed by atoms with van der Waals surface area (Å²) in [5.74, 6) is 0.278. The number of phenolic OH excluding ortho intramolecular Hbond substituents is 1. The van der Waals surface area contributed by atoms with Crippen LogP contribution in [0.1, 0.15) is 90.1 Å². The fraction of sp³-hybridized carbons (Fsp3) is 0.607. The number of esters is 1. The van der Waals surface area contributed by atoms with Crippen molar-refractivity contribution in [2.75, 3.05) is 0 Å². The van der Waals surface area contributed by atoms with Gasteiger partial charge in [-0.1, -0.05) is 38.7 Å². The Morgan fingerprint density at radius 2 is 2.09 bits per heavy atom. The molecule has 4 atom stereocenters. The minimum Gasteiger partial charge on any atom is -0.508 e. The molecule has 0 saturated carbocycles. The third-order valence-corrected chi connectivity index (χ3v) is 8.16. The lowest BCUT2D eigenvalue weighted by Crippen LogP contribution is -2.35. The van der Waals surface area contributed by atoms with Gasteiger partial charge >= 0.3 is 5.97 Å². The number of allylic oxidation sites excluding steroid dienone is 4. The summed E-state index contributed by atoms with van der Waals surface area (Å²) in [4.78, 5) is 13.1. The average Bonchev–Trinajstić information content (AvgIpc) is 3.18. The number of carbonyl (C=O) groups excluding carboxylic acids is 1. The Bertz CT molecular complexity index is 955. The van der Waals surface area contributed by atoms with Gasteiger partial charge in [0.05, 0.1) is 21.6 Å². The van der Waals surface area contributed by atoms with E-state index >= 15 is 0 Å². The molecule has 33 heavy (non-hydrogen) atoms. The van der Waals surface area contributed by atoms with Crippen molar-refractivity contribution in [2.45, 2.75) is 103 Å². The minimum absolute atomic E-state index is 0.122. The summed E-state index contributed by atoms with van der Waals surface area (Å²) in [5.41, 5.74) is 5.24. The monoisotopic (exact) mass is 518 g/mol. The average molecular weight is 520 g/mol. The van der Waals surface area contributed by atoms with Crippen LogP contribution in [-0.4, -0.2) is 33.2 Å². The van der Waals surface area contributed by atoms with E-state index in [2.05, 4.69) is 56.6 Å². The van der Waals surface area contributed by atoms with Crippen LogP contribution in [0.25, 0.3) is 0 Å². The maximum atomic E-state index is 13.1. The second-order valence-corrected chi connectivity index (χ2v) is 12.6. The first-order valence-electron chi connectivity index (χ1n) is 12.1. The summed E-state index contributed by atoms with van der Waals surface area (Å²) in [7, 11) is 0. The number of rotatable bonds is 9. The molecule has 0 radical (unpaired) electrons. The van der Waals surface area contributed by atoms with Crippen LogP contribution in [0.2, 0.25) is 0 Å². The van der Waals surface area contributed by atoms with Crippen LogP contribution in [0.4, 0.5) is 0 Å². The van der Waals surface area contributed by atoms with Gasteiger partial charge < -0.3 is 14.6 Å². The molecule has 1 aliphatic carbocycles. The van der Waals surface area contributed by atoms with Gasteiger partial charge in [-0.2, -0.15) is 0 Å². The molecular formula is C28H39BrO4. The smallest absolute Gasteiger partial charge is 0.338 e. The van der Waals surface area contributed by atoms with E-state index in [0.29, 0.717) is 24.3 Å². The summed E-state index contributed by atoms with van der Waals surface area (Å²) in [6, 6.07) is 5.06. The van der Waals surface area contributed by atoms with Crippen LogP contribution in [-0.2, 0) is 15.9 Å². The number of halogens is 1. The molecule has 0 bridgehead atoms. The summed E-state index contributed by atoms with van der Waals surface area (Å²) < 4.78 is 11.3. The van der Waals surface area contributed by atoms with Crippen molar-refractivity contribution in [2.24, 2.45) is 5.92 Å². The Labute approximate surface area is 207 Å². The molecule has 0 spiro atoms. The number of carbonyl (C=O) groups is 1. The van der Waals surface area contributed by atoms with Crippen LogP contribution in [0, 0.1) is 5.92 Å². The van der Waals surface area contributed by atoms with E-state index in [4.69, 9.17) is 9.47 Å². The Morgan fingerprint density at radius 1 is 1.42 bits per heavy atom. The number of epoxide rings is 1. The molecular weight excluding hydrogens is 480 g/mol. The molecule has 1 saturated heterocycles. The molecule has 1 aromatic rings. The van der Waals surface area contributed by atoms with E-state index in [-0.39, 0.29) is 33.9 Å².